The Kier molecular flexibility index (Phi) is 5.20. The lowest BCUT2D eigenvalue weighted by molar-refractivity contribution is 0.570. The van der Waals surface area contributed by atoms with Gasteiger partial charge in [-0.05, 0) is 43.4 Å². The zero-order chi connectivity index (χ0) is 13.7. The quantitative estimate of drug-likeness (QED) is 0.882. The topological polar surface area (TPSA) is 28.2 Å². The molecule has 0 aliphatic carbocycles. The second-order valence-corrected chi connectivity index (χ2v) is 5.76. The fraction of sp³-hybridized carbons (Fsp3) is 0.688. The van der Waals surface area contributed by atoms with E-state index < -0.39 is 0 Å². The van der Waals surface area contributed by atoms with Gasteiger partial charge in [-0.15, -0.1) is 0 Å². The van der Waals surface area contributed by atoms with E-state index in [-0.39, 0.29) is 0 Å². The molecule has 1 aromatic heterocycles. The Bertz CT molecular complexity index is 395. The van der Waals surface area contributed by atoms with Crippen LogP contribution in [0.25, 0.3) is 0 Å². The molecular weight excluding hydrogens is 234 g/mol. The first-order valence-electron chi connectivity index (χ1n) is 7.67. The number of aryl methyl sites for hydroxylation is 1. The Hall–Kier alpha value is -1.09. The van der Waals surface area contributed by atoms with Gasteiger partial charge in [-0.25, -0.2) is 4.98 Å². The summed E-state index contributed by atoms with van der Waals surface area (Å²) >= 11 is 0. The summed E-state index contributed by atoms with van der Waals surface area (Å²) in [6.07, 6.45) is 4.98. The second kappa shape index (κ2) is 6.90. The van der Waals surface area contributed by atoms with E-state index in [1.54, 1.807) is 0 Å². The van der Waals surface area contributed by atoms with Gasteiger partial charge in [0.2, 0.25) is 0 Å². The fourth-order valence-corrected chi connectivity index (χ4v) is 2.52. The number of aromatic nitrogens is 1. The lowest BCUT2D eigenvalue weighted by atomic mass is 10.1. The van der Waals surface area contributed by atoms with Crippen molar-refractivity contribution >= 4 is 5.82 Å². The van der Waals surface area contributed by atoms with Crippen LogP contribution in [0.1, 0.15) is 51.3 Å². The lowest BCUT2D eigenvalue weighted by Crippen LogP contribution is -2.30. The molecule has 3 heteroatoms. The number of rotatable bonds is 5. The smallest absolute Gasteiger partial charge is 0.129 e. The summed E-state index contributed by atoms with van der Waals surface area (Å²) in [6.45, 7) is 9.82. The zero-order valence-corrected chi connectivity index (χ0v) is 12.6. The van der Waals surface area contributed by atoms with E-state index in [1.807, 2.05) is 0 Å². The third-order valence-corrected chi connectivity index (χ3v) is 3.68. The van der Waals surface area contributed by atoms with E-state index in [4.69, 9.17) is 4.98 Å². The molecule has 19 heavy (non-hydrogen) atoms. The SMILES string of the molecule is CCc1cc(CNC(C)C)cc(N2CCCCC2)n1. The minimum atomic E-state index is 0.525. The molecule has 3 nitrogen and oxygen atoms in total. The highest BCUT2D eigenvalue weighted by Gasteiger charge is 2.13. The minimum absolute atomic E-state index is 0.525. The maximum absolute atomic E-state index is 4.80. The van der Waals surface area contributed by atoms with Gasteiger partial charge in [0, 0.05) is 31.4 Å². The van der Waals surface area contributed by atoms with Gasteiger partial charge in [0.05, 0.1) is 0 Å². The summed E-state index contributed by atoms with van der Waals surface area (Å²) in [4.78, 5) is 7.25. The molecule has 1 saturated heterocycles. The number of nitrogens with one attached hydrogen (secondary N) is 1. The molecule has 0 aromatic carbocycles. The first-order valence-corrected chi connectivity index (χ1v) is 7.67. The van der Waals surface area contributed by atoms with Gasteiger partial charge in [-0.1, -0.05) is 20.8 Å². The van der Waals surface area contributed by atoms with Gasteiger partial charge in [-0.2, -0.15) is 0 Å². The summed E-state index contributed by atoms with van der Waals surface area (Å²) in [5.74, 6) is 1.18. The number of pyridine rings is 1. The molecule has 1 aliphatic rings. The van der Waals surface area contributed by atoms with Crippen molar-refractivity contribution in [1.29, 1.82) is 0 Å². The number of hydrogen-bond acceptors (Lipinski definition) is 3. The highest BCUT2D eigenvalue weighted by atomic mass is 15.2. The average Bonchev–Trinajstić information content (AvgIpc) is 2.45. The maximum Gasteiger partial charge on any atom is 0.129 e. The van der Waals surface area contributed by atoms with E-state index >= 15 is 0 Å². The molecule has 0 atom stereocenters. The van der Waals surface area contributed by atoms with Gasteiger partial charge in [-0.3, -0.25) is 0 Å². The van der Waals surface area contributed by atoms with Crippen molar-refractivity contribution in [2.75, 3.05) is 18.0 Å². The number of nitrogens with zero attached hydrogens (tertiary/aromatic N) is 2. The van der Waals surface area contributed by atoms with Crippen molar-refractivity contribution < 1.29 is 0 Å². The molecule has 0 radical (unpaired) electrons. The second-order valence-electron chi connectivity index (χ2n) is 5.76. The molecular formula is C16H27N3. The molecule has 106 valence electrons. The Balaban J connectivity index is 2.14. The zero-order valence-electron chi connectivity index (χ0n) is 12.6. The maximum atomic E-state index is 4.80. The van der Waals surface area contributed by atoms with Gasteiger partial charge >= 0.3 is 0 Å². The van der Waals surface area contributed by atoms with Gasteiger partial charge in [0.15, 0.2) is 0 Å². The normalized spacial score (nSPS) is 16.1. The average molecular weight is 261 g/mol. The predicted molar refractivity (Wildman–Crippen MR) is 81.7 cm³/mol. The van der Waals surface area contributed by atoms with Crippen molar-refractivity contribution in [3.63, 3.8) is 0 Å². The van der Waals surface area contributed by atoms with E-state index in [0.29, 0.717) is 6.04 Å². The Morgan fingerprint density at radius 2 is 1.95 bits per heavy atom. The van der Waals surface area contributed by atoms with E-state index in [2.05, 4.69) is 43.1 Å². The summed E-state index contributed by atoms with van der Waals surface area (Å²) in [5.41, 5.74) is 2.57. The van der Waals surface area contributed by atoms with Crippen molar-refractivity contribution in [1.82, 2.24) is 10.3 Å². The molecule has 1 aromatic rings. The van der Waals surface area contributed by atoms with Gasteiger partial charge < -0.3 is 10.2 Å². The molecule has 1 fully saturated rings. The van der Waals surface area contributed by atoms with Crippen molar-refractivity contribution in [2.45, 2.75) is 59.0 Å². The number of anilines is 1. The summed E-state index contributed by atoms with van der Waals surface area (Å²) < 4.78 is 0. The van der Waals surface area contributed by atoms with E-state index in [1.165, 1.54) is 36.3 Å². The summed E-state index contributed by atoms with van der Waals surface area (Å²) in [7, 11) is 0. The third-order valence-electron chi connectivity index (χ3n) is 3.68. The molecule has 1 N–H and O–H groups in total. The summed E-state index contributed by atoms with van der Waals surface area (Å²) in [5, 5.41) is 3.50. The van der Waals surface area contributed by atoms with Crippen LogP contribution in [0, 0.1) is 0 Å². The molecule has 0 saturated carbocycles. The highest BCUT2D eigenvalue weighted by Crippen LogP contribution is 2.20. The van der Waals surface area contributed by atoms with Crippen LogP contribution in [0.5, 0.6) is 0 Å². The molecule has 1 aliphatic heterocycles. The van der Waals surface area contributed by atoms with Crippen molar-refractivity contribution in [3.8, 4) is 0 Å². The molecule has 0 unspecified atom stereocenters. The van der Waals surface area contributed by atoms with E-state index in [0.717, 1.165) is 26.1 Å². The van der Waals surface area contributed by atoms with Crippen molar-refractivity contribution in [3.05, 3.63) is 23.4 Å². The molecule has 0 amide bonds. The molecule has 2 rings (SSSR count). The number of hydrogen-bond donors (Lipinski definition) is 1. The Labute approximate surface area is 117 Å². The molecule has 0 spiro atoms. The van der Waals surface area contributed by atoms with Gasteiger partial charge in [0.25, 0.3) is 0 Å². The van der Waals surface area contributed by atoms with Crippen molar-refractivity contribution in [2.24, 2.45) is 0 Å². The first-order chi connectivity index (χ1) is 9.19. The van der Waals surface area contributed by atoms with Crippen LogP contribution < -0.4 is 10.2 Å². The van der Waals surface area contributed by atoms with Gasteiger partial charge in [0.1, 0.15) is 5.82 Å². The van der Waals surface area contributed by atoms with E-state index in [9.17, 15) is 0 Å². The molecule has 2 heterocycles. The fourth-order valence-electron chi connectivity index (χ4n) is 2.52. The highest BCUT2D eigenvalue weighted by molar-refractivity contribution is 5.43. The largest absolute Gasteiger partial charge is 0.357 e. The lowest BCUT2D eigenvalue weighted by Gasteiger charge is -2.28. The standard InChI is InChI=1S/C16H27N3/c1-4-15-10-14(12-17-13(2)3)11-16(18-15)19-8-6-5-7-9-19/h10-11,13,17H,4-9,12H2,1-3H3. The van der Waals surface area contributed by atoms with Crippen LogP contribution in [-0.2, 0) is 13.0 Å². The molecule has 0 bridgehead atoms. The van der Waals surface area contributed by atoms with Crippen LogP contribution in [0.3, 0.4) is 0 Å². The van der Waals surface area contributed by atoms with Crippen LogP contribution in [-0.4, -0.2) is 24.1 Å². The van der Waals surface area contributed by atoms with Crippen LogP contribution in [0.2, 0.25) is 0 Å². The monoisotopic (exact) mass is 261 g/mol. The van der Waals surface area contributed by atoms with Crippen LogP contribution in [0.4, 0.5) is 5.82 Å². The minimum Gasteiger partial charge on any atom is -0.357 e. The first kappa shape index (κ1) is 14.3. The third kappa shape index (κ3) is 4.20. The summed E-state index contributed by atoms with van der Waals surface area (Å²) in [6, 6.07) is 5.03. The number of piperidine rings is 1. The van der Waals surface area contributed by atoms with Crippen LogP contribution >= 0.6 is 0 Å². The Morgan fingerprint density at radius 3 is 2.58 bits per heavy atom. The van der Waals surface area contributed by atoms with Crippen LogP contribution in [0.15, 0.2) is 12.1 Å². The predicted octanol–water partition coefficient (Wildman–Crippen LogP) is 3.13. The Morgan fingerprint density at radius 1 is 1.21 bits per heavy atom.